The van der Waals surface area contributed by atoms with E-state index in [4.69, 9.17) is 0 Å². The van der Waals surface area contributed by atoms with E-state index in [2.05, 4.69) is 63.3 Å². The third kappa shape index (κ3) is 3.85. The first-order valence-corrected chi connectivity index (χ1v) is 9.27. The lowest BCUT2D eigenvalue weighted by Gasteiger charge is -2.52. The number of carbonyl (C=O) groups excluding carboxylic acids is 1. The fourth-order valence-electron chi connectivity index (χ4n) is 4.03. The van der Waals surface area contributed by atoms with Crippen molar-refractivity contribution in [3.8, 4) is 0 Å². The van der Waals surface area contributed by atoms with Crippen LogP contribution < -0.4 is 5.32 Å². The van der Waals surface area contributed by atoms with Crippen LogP contribution in [0.5, 0.6) is 0 Å². The van der Waals surface area contributed by atoms with Gasteiger partial charge in [-0.2, -0.15) is 0 Å². The van der Waals surface area contributed by atoms with Crippen LogP contribution in [0.15, 0.2) is 48.5 Å². The molecule has 1 N–H and O–H groups in total. The average molecular weight is 335 g/mol. The zero-order chi connectivity index (χ0) is 18.0. The summed E-state index contributed by atoms with van der Waals surface area (Å²) in [5.41, 5.74) is 4.93. The van der Waals surface area contributed by atoms with E-state index in [1.54, 1.807) is 0 Å². The molecule has 0 aliphatic heterocycles. The van der Waals surface area contributed by atoms with Crippen molar-refractivity contribution < 1.29 is 4.79 Å². The Balaban J connectivity index is 1.58. The van der Waals surface area contributed by atoms with E-state index >= 15 is 0 Å². The van der Waals surface area contributed by atoms with Gasteiger partial charge in [0.15, 0.2) is 5.78 Å². The van der Waals surface area contributed by atoms with Gasteiger partial charge in [-0.05, 0) is 48.4 Å². The second kappa shape index (κ2) is 7.13. The van der Waals surface area contributed by atoms with Gasteiger partial charge in [0.25, 0.3) is 0 Å². The fraction of sp³-hybridized carbons (Fsp3) is 0.435. The second-order valence-electron chi connectivity index (χ2n) is 8.11. The van der Waals surface area contributed by atoms with Crippen molar-refractivity contribution in [1.29, 1.82) is 0 Å². The van der Waals surface area contributed by atoms with Crippen LogP contribution in [0.1, 0.15) is 59.7 Å². The lowest BCUT2D eigenvalue weighted by molar-refractivity contribution is 0.0733. The Morgan fingerprint density at radius 2 is 1.80 bits per heavy atom. The predicted octanol–water partition coefficient (Wildman–Crippen LogP) is 5.05. The summed E-state index contributed by atoms with van der Waals surface area (Å²) >= 11 is 0. The van der Waals surface area contributed by atoms with Gasteiger partial charge in [0.05, 0.1) is 0 Å². The molecule has 2 aromatic carbocycles. The summed E-state index contributed by atoms with van der Waals surface area (Å²) in [5.74, 6) is 0.775. The Morgan fingerprint density at radius 3 is 2.44 bits per heavy atom. The Kier molecular flexibility index (Phi) is 5.10. The SMILES string of the molecule is Cc1ccc(C(=O)CCNC2C(c3ccccc3)CC2(C)C)cc1C. The maximum Gasteiger partial charge on any atom is 0.164 e. The molecule has 25 heavy (non-hydrogen) atoms. The molecule has 2 heteroatoms. The van der Waals surface area contributed by atoms with Crippen molar-refractivity contribution >= 4 is 5.78 Å². The van der Waals surface area contributed by atoms with Crippen molar-refractivity contribution in [2.24, 2.45) is 5.41 Å². The van der Waals surface area contributed by atoms with Gasteiger partial charge in [-0.3, -0.25) is 4.79 Å². The summed E-state index contributed by atoms with van der Waals surface area (Å²) < 4.78 is 0. The van der Waals surface area contributed by atoms with Gasteiger partial charge >= 0.3 is 0 Å². The van der Waals surface area contributed by atoms with Gasteiger partial charge in [0, 0.05) is 30.5 Å². The summed E-state index contributed by atoms with van der Waals surface area (Å²) in [6, 6.07) is 17.2. The molecule has 2 unspecified atom stereocenters. The van der Waals surface area contributed by atoms with Crippen LogP contribution in [0.3, 0.4) is 0 Å². The largest absolute Gasteiger partial charge is 0.312 e. The first-order chi connectivity index (χ1) is 11.9. The van der Waals surface area contributed by atoms with Crippen LogP contribution in [-0.2, 0) is 0 Å². The molecule has 132 valence electrons. The second-order valence-corrected chi connectivity index (χ2v) is 8.11. The Bertz CT molecular complexity index is 748. The van der Waals surface area contributed by atoms with Gasteiger partial charge in [-0.1, -0.05) is 56.3 Å². The van der Waals surface area contributed by atoms with Gasteiger partial charge < -0.3 is 5.32 Å². The minimum atomic E-state index is 0.226. The molecule has 0 radical (unpaired) electrons. The number of hydrogen-bond donors (Lipinski definition) is 1. The lowest BCUT2D eigenvalue weighted by atomic mass is 9.58. The Hall–Kier alpha value is -1.93. The molecular formula is C23H29NO. The number of Topliss-reactive ketones (excluding diaryl/α,β-unsaturated/α-hetero) is 1. The number of carbonyl (C=O) groups is 1. The topological polar surface area (TPSA) is 29.1 Å². The minimum Gasteiger partial charge on any atom is -0.312 e. The van der Waals surface area contributed by atoms with Gasteiger partial charge in [0.1, 0.15) is 0 Å². The molecule has 0 bridgehead atoms. The monoisotopic (exact) mass is 335 g/mol. The molecular weight excluding hydrogens is 306 g/mol. The standard InChI is InChI=1S/C23H29NO/c1-16-10-11-19(14-17(16)2)21(25)12-13-24-22-20(15-23(22,3)4)18-8-6-5-7-9-18/h5-11,14,20,22,24H,12-13,15H2,1-4H3. The molecule has 1 saturated carbocycles. The highest BCUT2D eigenvalue weighted by Gasteiger charge is 2.47. The van der Waals surface area contributed by atoms with E-state index in [1.165, 1.54) is 23.1 Å². The average Bonchev–Trinajstić information content (AvgIpc) is 2.59. The van der Waals surface area contributed by atoms with Crippen LogP contribution in [0, 0.1) is 19.3 Å². The molecule has 0 saturated heterocycles. The highest BCUT2D eigenvalue weighted by atomic mass is 16.1. The van der Waals surface area contributed by atoms with Crippen LogP contribution in [0.25, 0.3) is 0 Å². The van der Waals surface area contributed by atoms with Gasteiger partial charge in [-0.15, -0.1) is 0 Å². The molecule has 0 heterocycles. The van der Waals surface area contributed by atoms with E-state index in [-0.39, 0.29) is 11.2 Å². The summed E-state index contributed by atoms with van der Waals surface area (Å²) in [7, 11) is 0. The highest BCUT2D eigenvalue weighted by Crippen LogP contribution is 2.50. The van der Waals surface area contributed by atoms with Crippen LogP contribution in [-0.4, -0.2) is 18.4 Å². The number of hydrogen-bond acceptors (Lipinski definition) is 2. The number of nitrogens with one attached hydrogen (secondary N) is 1. The number of benzene rings is 2. The summed E-state index contributed by atoms with van der Waals surface area (Å²) in [4.78, 5) is 12.5. The maximum atomic E-state index is 12.5. The molecule has 2 nitrogen and oxygen atoms in total. The summed E-state index contributed by atoms with van der Waals surface area (Å²) in [5, 5.41) is 3.66. The summed E-state index contributed by atoms with van der Waals surface area (Å²) in [6.07, 6.45) is 1.75. The number of aryl methyl sites for hydroxylation is 2. The Labute approximate surface area is 151 Å². The smallest absolute Gasteiger partial charge is 0.164 e. The van der Waals surface area contributed by atoms with E-state index in [1.807, 2.05) is 18.2 Å². The molecule has 1 aliphatic carbocycles. The third-order valence-corrected chi connectivity index (χ3v) is 5.76. The predicted molar refractivity (Wildman–Crippen MR) is 104 cm³/mol. The number of rotatable bonds is 6. The molecule has 1 aliphatic rings. The molecule has 2 atom stereocenters. The molecule has 1 fully saturated rings. The first kappa shape index (κ1) is 17.9. The first-order valence-electron chi connectivity index (χ1n) is 9.27. The maximum absolute atomic E-state index is 12.5. The van der Waals surface area contributed by atoms with Crippen LogP contribution in [0.4, 0.5) is 0 Å². The van der Waals surface area contributed by atoms with Gasteiger partial charge in [-0.25, -0.2) is 0 Å². The van der Waals surface area contributed by atoms with Crippen LogP contribution >= 0.6 is 0 Å². The van der Waals surface area contributed by atoms with Crippen molar-refractivity contribution in [3.63, 3.8) is 0 Å². The van der Waals surface area contributed by atoms with Crippen LogP contribution in [0.2, 0.25) is 0 Å². The van der Waals surface area contributed by atoms with E-state index < -0.39 is 0 Å². The zero-order valence-electron chi connectivity index (χ0n) is 15.8. The quantitative estimate of drug-likeness (QED) is 0.749. The van der Waals surface area contributed by atoms with Gasteiger partial charge in [0.2, 0.25) is 0 Å². The van der Waals surface area contributed by atoms with E-state index in [0.717, 1.165) is 12.1 Å². The van der Waals surface area contributed by atoms with Crippen molar-refractivity contribution in [3.05, 3.63) is 70.8 Å². The molecule has 0 amide bonds. The third-order valence-electron chi connectivity index (χ3n) is 5.76. The molecule has 2 aromatic rings. The fourth-order valence-corrected chi connectivity index (χ4v) is 4.03. The van der Waals surface area contributed by atoms with Crippen molar-refractivity contribution in [2.45, 2.75) is 52.5 Å². The van der Waals surface area contributed by atoms with Crippen molar-refractivity contribution in [2.75, 3.05) is 6.54 Å². The lowest BCUT2D eigenvalue weighted by Crippen LogP contribution is -2.56. The van der Waals surface area contributed by atoms with E-state index in [9.17, 15) is 4.79 Å². The number of ketones is 1. The van der Waals surface area contributed by atoms with Crippen molar-refractivity contribution in [1.82, 2.24) is 5.32 Å². The van der Waals surface area contributed by atoms with E-state index in [0.29, 0.717) is 18.4 Å². The normalized spacial score (nSPS) is 21.6. The highest BCUT2D eigenvalue weighted by molar-refractivity contribution is 5.96. The summed E-state index contributed by atoms with van der Waals surface area (Å²) in [6.45, 7) is 9.51. The Morgan fingerprint density at radius 1 is 1.08 bits per heavy atom. The molecule has 0 spiro atoms. The molecule has 3 rings (SSSR count). The zero-order valence-corrected chi connectivity index (χ0v) is 15.8. The minimum absolute atomic E-state index is 0.226. The molecule has 0 aromatic heterocycles.